The van der Waals surface area contributed by atoms with E-state index in [2.05, 4.69) is 34.8 Å². The average molecular weight is 288 g/mol. The average Bonchev–Trinajstić information content (AvgIpc) is 2.22. The van der Waals surface area contributed by atoms with Crippen molar-refractivity contribution in [3.8, 4) is 5.88 Å². The smallest absolute Gasteiger partial charge is 0.213 e. The molecule has 3 nitrogen and oxygen atoms in total. The second-order valence-corrected chi connectivity index (χ2v) is 4.94. The van der Waals surface area contributed by atoms with Crippen LogP contribution >= 0.6 is 15.9 Å². The predicted molar refractivity (Wildman–Crippen MR) is 67.8 cm³/mol. The zero-order chi connectivity index (χ0) is 12.0. The van der Waals surface area contributed by atoms with Gasteiger partial charge in [0.25, 0.3) is 0 Å². The number of rotatable bonds is 6. The van der Waals surface area contributed by atoms with Crippen molar-refractivity contribution in [3.05, 3.63) is 22.3 Å². The van der Waals surface area contributed by atoms with E-state index < -0.39 is 0 Å². The van der Waals surface area contributed by atoms with E-state index in [9.17, 15) is 0 Å². The van der Waals surface area contributed by atoms with E-state index in [-0.39, 0.29) is 0 Å². The molecule has 0 saturated heterocycles. The number of aromatic nitrogens is 1. The largest absolute Gasteiger partial charge is 0.475 e. The van der Waals surface area contributed by atoms with Gasteiger partial charge in [-0.2, -0.15) is 0 Å². The summed E-state index contributed by atoms with van der Waals surface area (Å²) in [5.41, 5.74) is 1.12. The van der Waals surface area contributed by atoms with Crippen molar-refractivity contribution in [1.29, 1.82) is 0 Å². The number of pyridine rings is 1. The van der Waals surface area contributed by atoms with Gasteiger partial charge in [-0.05, 0) is 34.3 Å². The highest BCUT2D eigenvalue weighted by Gasteiger charge is 2.00. The van der Waals surface area contributed by atoms with E-state index >= 15 is 0 Å². The van der Waals surface area contributed by atoms with Gasteiger partial charge in [0.15, 0.2) is 0 Å². The van der Waals surface area contributed by atoms with Crippen molar-refractivity contribution >= 4 is 15.9 Å². The maximum absolute atomic E-state index is 5.47. The molecule has 0 saturated carbocycles. The first-order valence-corrected chi connectivity index (χ1v) is 6.21. The van der Waals surface area contributed by atoms with Crippen molar-refractivity contribution in [3.63, 3.8) is 0 Å². The lowest BCUT2D eigenvalue weighted by Crippen LogP contribution is -2.10. The molecule has 0 atom stereocenters. The van der Waals surface area contributed by atoms with E-state index in [0.29, 0.717) is 25.0 Å². The minimum Gasteiger partial charge on any atom is -0.475 e. The quantitative estimate of drug-likeness (QED) is 0.753. The highest BCUT2D eigenvalue weighted by atomic mass is 79.9. The third-order valence-electron chi connectivity index (χ3n) is 1.95. The number of ether oxygens (including phenoxy) is 2. The van der Waals surface area contributed by atoms with Gasteiger partial charge < -0.3 is 9.47 Å². The third kappa shape index (κ3) is 4.94. The van der Waals surface area contributed by atoms with Crippen molar-refractivity contribution in [2.45, 2.75) is 20.8 Å². The lowest BCUT2D eigenvalue weighted by atomic mass is 10.2. The van der Waals surface area contributed by atoms with E-state index in [1.165, 1.54) is 0 Å². The van der Waals surface area contributed by atoms with Gasteiger partial charge in [-0.25, -0.2) is 4.98 Å². The number of nitrogens with zero attached hydrogens (tertiary/aromatic N) is 1. The summed E-state index contributed by atoms with van der Waals surface area (Å²) in [7, 11) is 0. The van der Waals surface area contributed by atoms with Crippen LogP contribution in [0.25, 0.3) is 0 Å². The van der Waals surface area contributed by atoms with Crippen LogP contribution in [0, 0.1) is 12.8 Å². The molecule has 0 aromatic carbocycles. The normalized spacial score (nSPS) is 10.8. The molecule has 1 aromatic rings. The molecule has 0 aliphatic heterocycles. The fourth-order valence-electron chi connectivity index (χ4n) is 1.12. The Bertz CT molecular complexity index is 329. The van der Waals surface area contributed by atoms with Gasteiger partial charge in [0.1, 0.15) is 6.61 Å². The maximum atomic E-state index is 5.47. The van der Waals surface area contributed by atoms with Gasteiger partial charge in [0, 0.05) is 23.3 Å². The van der Waals surface area contributed by atoms with Crippen molar-refractivity contribution in [1.82, 2.24) is 4.98 Å². The lowest BCUT2D eigenvalue weighted by Gasteiger charge is -2.08. The fourth-order valence-corrected chi connectivity index (χ4v) is 1.33. The molecule has 0 aliphatic rings. The monoisotopic (exact) mass is 287 g/mol. The minimum atomic E-state index is 0.542. The number of aryl methyl sites for hydroxylation is 1. The van der Waals surface area contributed by atoms with Crippen LogP contribution in [0.4, 0.5) is 0 Å². The number of hydrogen-bond acceptors (Lipinski definition) is 3. The summed E-state index contributed by atoms with van der Waals surface area (Å²) in [5.74, 6) is 1.21. The Morgan fingerprint density at radius 2 is 2.12 bits per heavy atom. The molecule has 1 aromatic heterocycles. The van der Waals surface area contributed by atoms with Gasteiger partial charge in [-0.15, -0.1) is 0 Å². The van der Waals surface area contributed by atoms with Crippen LogP contribution in [0.15, 0.2) is 16.7 Å². The van der Waals surface area contributed by atoms with E-state index in [0.717, 1.165) is 16.6 Å². The Morgan fingerprint density at radius 1 is 1.38 bits per heavy atom. The summed E-state index contributed by atoms with van der Waals surface area (Å²) in [6.07, 6.45) is 1.75. The van der Waals surface area contributed by atoms with Gasteiger partial charge in [0.05, 0.1) is 6.61 Å². The Labute approximate surface area is 105 Å². The van der Waals surface area contributed by atoms with Crippen LogP contribution in [-0.4, -0.2) is 24.8 Å². The number of hydrogen-bond donors (Lipinski definition) is 0. The summed E-state index contributed by atoms with van der Waals surface area (Å²) in [6.45, 7) is 8.18. The second-order valence-electron chi connectivity index (χ2n) is 4.09. The summed E-state index contributed by atoms with van der Waals surface area (Å²) in [6, 6.07) is 1.91. The molecule has 0 spiro atoms. The Kier molecular flexibility index (Phi) is 5.77. The topological polar surface area (TPSA) is 31.4 Å². The molecular weight excluding hydrogens is 270 g/mol. The molecule has 4 heteroatoms. The number of halogens is 1. The van der Waals surface area contributed by atoms with Crippen LogP contribution in [0.2, 0.25) is 0 Å². The molecule has 0 fully saturated rings. The highest BCUT2D eigenvalue weighted by Crippen LogP contribution is 2.18. The molecular formula is C12H18BrNO2. The van der Waals surface area contributed by atoms with Crippen molar-refractivity contribution < 1.29 is 9.47 Å². The molecule has 0 unspecified atom stereocenters. The van der Waals surface area contributed by atoms with Crippen molar-refractivity contribution in [2.24, 2.45) is 5.92 Å². The third-order valence-corrected chi connectivity index (χ3v) is 2.78. The summed E-state index contributed by atoms with van der Waals surface area (Å²) in [5, 5.41) is 0. The van der Waals surface area contributed by atoms with Crippen molar-refractivity contribution in [2.75, 3.05) is 19.8 Å². The molecule has 0 amide bonds. The summed E-state index contributed by atoms with van der Waals surface area (Å²) < 4.78 is 11.9. The van der Waals surface area contributed by atoms with Crippen LogP contribution in [-0.2, 0) is 4.74 Å². The lowest BCUT2D eigenvalue weighted by molar-refractivity contribution is 0.0806. The summed E-state index contributed by atoms with van der Waals surface area (Å²) in [4.78, 5) is 4.15. The predicted octanol–water partition coefficient (Wildman–Crippen LogP) is 3.20. The van der Waals surface area contributed by atoms with Crippen LogP contribution in [0.5, 0.6) is 5.88 Å². The SMILES string of the molecule is Cc1cc(OCCOCC(C)C)ncc1Br. The fraction of sp³-hybridized carbons (Fsp3) is 0.583. The van der Waals surface area contributed by atoms with Gasteiger partial charge >= 0.3 is 0 Å². The molecule has 16 heavy (non-hydrogen) atoms. The first-order chi connectivity index (χ1) is 7.59. The van der Waals surface area contributed by atoms with Gasteiger partial charge in [0.2, 0.25) is 5.88 Å². The van der Waals surface area contributed by atoms with Gasteiger partial charge in [-0.1, -0.05) is 13.8 Å². The molecule has 0 N–H and O–H groups in total. The zero-order valence-electron chi connectivity index (χ0n) is 10.00. The van der Waals surface area contributed by atoms with Crippen LogP contribution < -0.4 is 4.74 Å². The Balaban J connectivity index is 2.24. The molecule has 90 valence electrons. The molecule has 0 radical (unpaired) electrons. The van der Waals surface area contributed by atoms with Crippen LogP contribution in [0.3, 0.4) is 0 Å². The molecule has 0 aliphatic carbocycles. The molecule has 0 bridgehead atoms. The first-order valence-electron chi connectivity index (χ1n) is 5.42. The Hall–Kier alpha value is -0.610. The van der Waals surface area contributed by atoms with E-state index in [4.69, 9.17) is 9.47 Å². The van der Waals surface area contributed by atoms with E-state index in [1.54, 1.807) is 6.20 Å². The standard InChI is InChI=1S/C12H18BrNO2/c1-9(2)8-15-4-5-16-12-6-10(3)11(13)7-14-12/h6-7,9H,4-5,8H2,1-3H3. The minimum absolute atomic E-state index is 0.542. The van der Waals surface area contributed by atoms with E-state index in [1.807, 2.05) is 13.0 Å². The second kappa shape index (κ2) is 6.86. The Morgan fingerprint density at radius 3 is 2.75 bits per heavy atom. The zero-order valence-corrected chi connectivity index (χ0v) is 11.6. The molecule has 1 rings (SSSR count). The first kappa shape index (κ1) is 13.5. The van der Waals surface area contributed by atoms with Gasteiger partial charge in [-0.3, -0.25) is 0 Å². The summed E-state index contributed by atoms with van der Waals surface area (Å²) >= 11 is 3.40. The van der Waals surface area contributed by atoms with Crippen LogP contribution in [0.1, 0.15) is 19.4 Å². The molecule has 1 heterocycles. The maximum Gasteiger partial charge on any atom is 0.213 e. The highest BCUT2D eigenvalue weighted by molar-refractivity contribution is 9.10.